The van der Waals surface area contributed by atoms with E-state index < -0.39 is 0 Å². The Kier molecular flexibility index (Phi) is 7.51. The predicted molar refractivity (Wildman–Crippen MR) is 107 cm³/mol. The fraction of sp³-hybridized carbons (Fsp3) is 0.381. The van der Waals surface area contributed by atoms with Gasteiger partial charge >= 0.3 is 0 Å². The Balaban J connectivity index is 2.38. The minimum absolute atomic E-state index is 0.0927. The van der Waals surface area contributed by atoms with Gasteiger partial charge in [0.25, 0.3) is 5.91 Å². The Morgan fingerprint density at radius 3 is 2.32 bits per heavy atom. The molecule has 1 unspecified atom stereocenters. The van der Waals surface area contributed by atoms with E-state index in [0.29, 0.717) is 0 Å². The van der Waals surface area contributed by atoms with Crippen LogP contribution in [0.25, 0.3) is 0 Å². The Morgan fingerprint density at radius 2 is 1.72 bits per heavy atom. The molecule has 0 N–H and O–H groups in total. The lowest BCUT2D eigenvalue weighted by Gasteiger charge is -2.21. The van der Waals surface area contributed by atoms with Gasteiger partial charge in [-0.1, -0.05) is 40.2 Å². The number of benzene rings is 2. The van der Waals surface area contributed by atoms with Gasteiger partial charge in [-0.2, -0.15) is 0 Å². The summed E-state index contributed by atoms with van der Waals surface area (Å²) >= 11 is 3.57. The number of carbonyl (C=O) groups excluding carboxylic acids is 1. The molecule has 0 heterocycles. The van der Waals surface area contributed by atoms with Gasteiger partial charge in [0.05, 0.1) is 7.11 Å². The van der Waals surface area contributed by atoms with Gasteiger partial charge in [-0.15, -0.1) is 0 Å². The molecule has 0 aliphatic heterocycles. The molecule has 0 spiro atoms. The first-order chi connectivity index (χ1) is 12.1. The van der Waals surface area contributed by atoms with E-state index in [-0.39, 0.29) is 11.8 Å². The number of halogens is 1. The molecule has 0 fully saturated rings. The molecule has 0 radical (unpaired) electrons. The molecule has 1 atom stereocenters. The Bertz CT molecular complexity index is 698. The fourth-order valence-corrected chi connectivity index (χ4v) is 3.53. The Hall–Kier alpha value is -1.81. The van der Waals surface area contributed by atoms with Crippen molar-refractivity contribution in [1.82, 2.24) is 4.90 Å². The number of hydrogen-bond acceptors (Lipinski definition) is 2. The zero-order chi connectivity index (χ0) is 18.2. The maximum Gasteiger partial charge on any atom is 0.253 e. The summed E-state index contributed by atoms with van der Waals surface area (Å²) in [6.07, 6.45) is 0.954. The summed E-state index contributed by atoms with van der Waals surface area (Å²) in [4.78, 5) is 14.5. The molecule has 1 amide bonds. The van der Waals surface area contributed by atoms with E-state index in [1.54, 1.807) is 7.11 Å². The van der Waals surface area contributed by atoms with E-state index in [1.165, 1.54) is 5.56 Å². The van der Waals surface area contributed by atoms with E-state index in [2.05, 4.69) is 34.1 Å². The zero-order valence-corrected chi connectivity index (χ0v) is 16.8. The zero-order valence-electron chi connectivity index (χ0n) is 15.2. The van der Waals surface area contributed by atoms with E-state index in [4.69, 9.17) is 4.74 Å². The van der Waals surface area contributed by atoms with Crippen molar-refractivity contribution in [1.29, 1.82) is 0 Å². The topological polar surface area (TPSA) is 29.5 Å². The maximum atomic E-state index is 12.7. The monoisotopic (exact) mass is 403 g/mol. The van der Waals surface area contributed by atoms with Crippen LogP contribution in [0.15, 0.2) is 48.5 Å². The summed E-state index contributed by atoms with van der Waals surface area (Å²) in [5.41, 5.74) is 3.11. The normalized spacial score (nSPS) is 11.8. The molecule has 2 rings (SSSR count). The van der Waals surface area contributed by atoms with Gasteiger partial charge in [-0.3, -0.25) is 4.79 Å². The molecule has 0 aliphatic carbocycles. The van der Waals surface area contributed by atoms with E-state index in [9.17, 15) is 4.79 Å². The van der Waals surface area contributed by atoms with Gasteiger partial charge in [-0.05, 0) is 55.7 Å². The van der Waals surface area contributed by atoms with Crippen molar-refractivity contribution in [3.8, 4) is 5.75 Å². The molecular weight excluding hydrogens is 378 g/mol. The fourth-order valence-electron chi connectivity index (χ4n) is 3.08. The molecule has 0 saturated carbocycles. The Labute approximate surface area is 159 Å². The van der Waals surface area contributed by atoms with Gasteiger partial charge in [0, 0.05) is 29.9 Å². The van der Waals surface area contributed by atoms with Crippen LogP contribution >= 0.6 is 15.9 Å². The highest BCUT2D eigenvalue weighted by Crippen LogP contribution is 2.31. The number of ether oxygens (including phenoxy) is 1. The van der Waals surface area contributed by atoms with Crippen molar-refractivity contribution in [2.75, 3.05) is 25.5 Å². The summed E-state index contributed by atoms with van der Waals surface area (Å²) in [6, 6.07) is 16.2. The molecule has 0 aliphatic rings. The van der Waals surface area contributed by atoms with E-state index in [0.717, 1.165) is 41.7 Å². The lowest BCUT2D eigenvalue weighted by atomic mass is 9.88. The number of nitrogens with zero attached hydrogens (tertiary/aromatic N) is 1. The highest BCUT2D eigenvalue weighted by Gasteiger charge is 2.18. The van der Waals surface area contributed by atoms with Crippen LogP contribution in [-0.2, 0) is 0 Å². The van der Waals surface area contributed by atoms with Crippen LogP contribution in [-0.4, -0.2) is 36.3 Å². The van der Waals surface area contributed by atoms with Crippen molar-refractivity contribution >= 4 is 21.8 Å². The quantitative estimate of drug-likeness (QED) is 0.574. The van der Waals surface area contributed by atoms with Crippen molar-refractivity contribution in [3.05, 3.63) is 65.2 Å². The summed E-state index contributed by atoms with van der Waals surface area (Å²) in [7, 11) is 1.68. The van der Waals surface area contributed by atoms with Crippen molar-refractivity contribution in [3.63, 3.8) is 0 Å². The van der Waals surface area contributed by atoms with Gasteiger partial charge in [0.2, 0.25) is 0 Å². The van der Waals surface area contributed by atoms with Crippen LogP contribution in [0.5, 0.6) is 5.75 Å². The molecule has 0 saturated heterocycles. The van der Waals surface area contributed by atoms with Crippen LogP contribution < -0.4 is 4.74 Å². The number of methoxy groups -OCH3 is 1. The molecule has 0 bridgehead atoms. The summed E-state index contributed by atoms with van der Waals surface area (Å²) < 4.78 is 5.37. The third-order valence-corrected chi connectivity index (χ3v) is 4.94. The second kappa shape index (κ2) is 9.62. The van der Waals surface area contributed by atoms with Crippen molar-refractivity contribution < 1.29 is 9.53 Å². The van der Waals surface area contributed by atoms with E-state index >= 15 is 0 Å². The lowest BCUT2D eigenvalue weighted by molar-refractivity contribution is 0.0773. The number of amides is 1. The average molecular weight is 404 g/mol. The van der Waals surface area contributed by atoms with Crippen LogP contribution in [0.1, 0.15) is 47.7 Å². The van der Waals surface area contributed by atoms with Gasteiger partial charge in [0.15, 0.2) is 0 Å². The molecular formula is C21H26BrNO2. The van der Waals surface area contributed by atoms with Crippen LogP contribution in [0.4, 0.5) is 0 Å². The average Bonchev–Trinajstić information content (AvgIpc) is 2.67. The summed E-state index contributed by atoms with van der Waals surface area (Å²) in [5, 5.41) is 0.892. The largest absolute Gasteiger partial charge is 0.497 e. The predicted octanol–water partition coefficient (Wildman–Crippen LogP) is 5.09. The SMILES string of the molecule is CCN(CC)C(=O)c1cccc(C(CCBr)c2cccc(OC)c2)c1. The Morgan fingerprint density at radius 1 is 1.08 bits per heavy atom. The number of hydrogen-bond donors (Lipinski definition) is 0. The van der Waals surface area contributed by atoms with Gasteiger partial charge < -0.3 is 9.64 Å². The molecule has 3 nitrogen and oxygen atoms in total. The van der Waals surface area contributed by atoms with Crippen LogP contribution in [0, 0.1) is 0 Å². The first-order valence-corrected chi connectivity index (χ1v) is 9.85. The number of rotatable bonds is 8. The minimum Gasteiger partial charge on any atom is -0.497 e. The standard InChI is InChI=1S/C21H26BrNO2/c1-4-23(5-2)21(24)18-10-6-8-16(14-18)20(12-13-22)17-9-7-11-19(15-17)25-3/h6-11,14-15,20H,4-5,12-13H2,1-3H3. The lowest BCUT2D eigenvalue weighted by Crippen LogP contribution is -2.30. The minimum atomic E-state index is 0.0927. The first-order valence-electron chi connectivity index (χ1n) is 8.73. The van der Waals surface area contributed by atoms with Gasteiger partial charge in [0.1, 0.15) is 5.75 Å². The highest BCUT2D eigenvalue weighted by atomic mass is 79.9. The molecule has 134 valence electrons. The molecule has 0 aromatic heterocycles. The first kappa shape index (κ1) is 19.5. The summed E-state index contributed by atoms with van der Waals surface area (Å²) in [5.74, 6) is 1.17. The number of alkyl halides is 1. The maximum absolute atomic E-state index is 12.7. The second-order valence-electron chi connectivity index (χ2n) is 5.91. The van der Waals surface area contributed by atoms with Crippen molar-refractivity contribution in [2.45, 2.75) is 26.2 Å². The summed E-state index contributed by atoms with van der Waals surface area (Å²) in [6.45, 7) is 5.46. The third kappa shape index (κ3) is 4.85. The molecule has 25 heavy (non-hydrogen) atoms. The third-order valence-electron chi connectivity index (χ3n) is 4.48. The number of carbonyl (C=O) groups is 1. The highest BCUT2D eigenvalue weighted by molar-refractivity contribution is 9.09. The smallest absolute Gasteiger partial charge is 0.253 e. The molecule has 2 aromatic carbocycles. The van der Waals surface area contributed by atoms with E-state index in [1.807, 2.05) is 49.1 Å². The van der Waals surface area contributed by atoms with Crippen LogP contribution in [0.3, 0.4) is 0 Å². The van der Waals surface area contributed by atoms with Crippen molar-refractivity contribution in [2.24, 2.45) is 0 Å². The van der Waals surface area contributed by atoms with Gasteiger partial charge in [-0.25, -0.2) is 0 Å². The molecule has 2 aromatic rings. The van der Waals surface area contributed by atoms with Crippen LogP contribution in [0.2, 0.25) is 0 Å². The second-order valence-corrected chi connectivity index (χ2v) is 6.70. The molecule has 4 heteroatoms.